The van der Waals surface area contributed by atoms with Crippen molar-refractivity contribution in [1.29, 1.82) is 0 Å². The van der Waals surface area contributed by atoms with Crippen molar-refractivity contribution >= 4 is 17.1 Å². The third-order valence-corrected chi connectivity index (χ3v) is 4.77. The third kappa shape index (κ3) is 2.95. The minimum atomic E-state index is -0.0245. The number of hydrogen-bond donors (Lipinski definition) is 0. The Hall–Kier alpha value is -1.41. The molecule has 2 aromatic rings. The molecule has 1 nitrogen and oxygen atoms in total. The Bertz CT molecular complexity index is 541. The van der Waals surface area contributed by atoms with Crippen LogP contribution in [0.5, 0.6) is 0 Å². The fourth-order valence-electron chi connectivity index (χ4n) is 2.40. The van der Waals surface area contributed by atoms with E-state index < -0.39 is 0 Å². The lowest BCUT2D eigenvalue weighted by atomic mass is 9.81. The highest BCUT2D eigenvalue weighted by molar-refractivity contribution is 7.12. The van der Waals surface area contributed by atoms with E-state index in [4.69, 9.17) is 0 Å². The second-order valence-electron chi connectivity index (χ2n) is 5.07. The fraction of sp³-hybridized carbons (Fsp3) is 0.353. The van der Waals surface area contributed by atoms with Crippen molar-refractivity contribution in [3.63, 3.8) is 0 Å². The van der Waals surface area contributed by atoms with Crippen molar-refractivity contribution in [1.82, 2.24) is 0 Å². The van der Waals surface area contributed by atoms with Gasteiger partial charge >= 0.3 is 0 Å². The molecule has 2 atom stereocenters. The van der Waals surface area contributed by atoms with Gasteiger partial charge in [0.25, 0.3) is 0 Å². The molecule has 0 aliphatic heterocycles. The Balaban J connectivity index is 2.39. The molecule has 19 heavy (non-hydrogen) atoms. The maximum atomic E-state index is 12.8. The van der Waals surface area contributed by atoms with E-state index in [1.807, 2.05) is 36.6 Å². The fourth-order valence-corrected chi connectivity index (χ4v) is 3.31. The van der Waals surface area contributed by atoms with Gasteiger partial charge in [-0.2, -0.15) is 0 Å². The summed E-state index contributed by atoms with van der Waals surface area (Å²) < 4.78 is 0. The van der Waals surface area contributed by atoms with Gasteiger partial charge < -0.3 is 0 Å². The zero-order valence-electron chi connectivity index (χ0n) is 11.7. The third-order valence-electron chi connectivity index (χ3n) is 3.74. The molecule has 2 rings (SSSR count). The summed E-state index contributed by atoms with van der Waals surface area (Å²) >= 11 is 1.56. The molecule has 2 unspecified atom stereocenters. The highest BCUT2D eigenvalue weighted by Gasteiger charge is 2.28. The van der Waals surface area contributed by atoms with E-state index in [2.05, 4.69) is 26.0 Å². The van der Waals surface area contributed by atoms with Gasteiger partial charge in [-0.3, -0.25) is 4.79 Å². The molecule has 0 saturated carbocycles. The number of rotatable bonds is 5. The predicted octanol–water partition coefficient (Wildman–Crippen LogP) is 5.07. The number of Topliss-reactive ketones (excluding diaryl/α,β-unsaturated/α-hetero) is 1. The maximum absolute atomic E-state index is 12.8. The first kappa shape index (κ1) is 14.0. The molecule has 1 heterocycles. The lowest BCUT2D eigenvalue weighted by molar-refractivity contribution is 0.0935. The molecule has 0 spiro atoms. The van der Waals surface area contributed by atoms with E-state index in [1.54, 1.807) is 11.3 Å². The topological polar surface area (TPSA) is 17.1 Å². The largest absolute Gasteiger partial charge is 0.293 e. The number of hydrogen-bond acceptors (Lipinski definition) is 2. The quantitative estimate of drug-likeness (QED) is 0.694. The van der Waals surface area contributed by atoms with Crippen LogP contribution in [0.15, 0.2) is 41.8 Å². The lowest BCUT2D eigenvalue weighted by Gasteiger charge is -2.22. The molecule has 0 amide bonds. The van der Waals surface area contributed by atoms with Crippen LogP contribution in [0.3, 0.4) is 0 Å². The molecule has 1 aromatic carbocycles. The summed E-state index contributed by atoms with van der Waals surface area (Å²) in [7, 11) is 0. The Morgan fingerprint density at radius 2 is 1.89 bits per heavy atom. The van der Waals surface area contributed by atoms with E-state index in [1.165, 1.54) is 0 Å². The molecule has 0 fully saturated rings. The Kier molecular flexibility index (Phi) is 4.54. The van der Waals surface area contributed by atoms with Gasteiger partial charge in [0.2, 0.25) is 0 Å². The van der Waals surface area contributed by atoms with Crippen molar-refractivity contribution in [2.45, 2.75) is 33.1 Å². The smallest absolute Gasteiger partial charge is 0.180 e. The zero-order valence-corrected chi connectivity index (χ0v) is 12.5. The van der Waals surface area contributed by atoms with Gasteiger partial charge in [0.15, 0.2) is 5.78 Å². The zero-order chi connectivity index (χ0) is 13.8. The minimum Gasteiger partial charge on any atom is -0.293 e. The Labute approximate surface area is 119 Å². The van der Waals surface area contributed by atoms with Gasteiger partial charge in [-0.25, -0.2) is 0 Å². The highest BCUT2D eigenvalue weighted by Crippen LogP contribution is 2.33. The number of benzene rings is 1. The average Bonchev–Trinajstić information content (AvgIpc) is 2.86. The number of thiophene rings is 1. The van der Waals surface area contributed by atoms with Crippen LogP contribution in [-0.2, 0) is 0 Å². The molecule has 0 radical (unpaired) electrons. The Morgan fingerprint density at radius 3 is 2.42 bits per heavy atom. The number of aryl methyl sites for hydroxylation is 1. The first-order valence-electron chi connectivity index (χ1n) is 6.78. The molecule has 0 aliphatic rings. The molecular weight excluding hydrogens is 252 g/mol. The van der Waals surface area contributed by atoms with Crippen LogP contribution in [0, 0.1) is 12.8 Å². The van der Waals surface area contributed by atoms with Gasteiger partial charge in [0.05, 0.1) is 10.8 Å². The van der Waals surface area contributed by atoms with Gasteiger partial charge in [-0.05, 0) is 35.4 Å². The van der Waals surface area contributed by atoms with E-state index in [0.29, 0.717) is 5.92 Å². The second kappa shape index (κ2) is 6.16. The lowest BCUT2D eigenvalue weighted by Crippen LogP contribution is -2.19. The summed E-state index contributed by atoms with van der Waals surface area (Å²) in [5.74, 6) is 0.605. The molecule has 2 heteroatoms. The normalized spacial score (nSPS) is 14.1. The van der Waals surface area contributed by atoms with Gasteiger partial charge in [-0.15, -0.1) is 11.3 Å². The van der Waals surface area contributed by atoms with Crippen molar-refractivity contribution in [3.05, 3.63) is 57.8 Å². The summed E-state index contributed by atoms with van der Waals surface area (Å²) in [6.07, 6.45) is 1.01. The number of ketones is 1. The molecule has 1 aromatic heterocycles. The first-order valence-corrected chi connectivity index (χ1v) is 7.66. The van der Waals surface area contributed by atoms with E-state index in [-0.39, 0.29) is 11.7 Å². The molecule has 0 aliphatic carbocycles. The van der Waals surface area contributed by atoms with Crippen LogP contribution in [-0.4, -0.2) is 5.78 Å². The number of carbonyl (C=O) groups excluding carboxylic acids is 1. The van der Waals surface area contributed by atoms with Crippen LogP contribution in [0.25, 0.3) is 0 Å². The molecule has 0 bridgehead atoms. The predicted molar refractivity (Wildman–Crippen MR) is 82.0 cm³/mol. The molecule has 0 saturated heterocycles. The van der Waals surface area contributed by atoms with Crippen LogP contribution in [0.1, 0.15) is 47.0 Å². The van der Waals surface area contributed by atoms with Crippen LogP contribution >= 0.6 is 11.3 Å². The summed E-state index contributed by atoms with van der Waals surface area (Å²) in [5, 5.41) is 2.00. The van der Waals surface area contributed by atoms with Crippen molar-refractivity contribution in [3.8, 4) is 0 Å². The summed E-state index contributed by atoms with van der Waals surface area (Å²) in [6.45, 7) is 6.33. The first-order chi connectivity index (χ1) is 9.15. The van der Waals surface area contributed by atoms with Crippen LogP contribution < -0.4 is 0 Å². The van der Waals surface area contributed by atoms with E-state index >= 15 is 0 Å². The van der Waals surface area contributed by atoms with E-state index in [0.717, 1.165) is 22.4 Å². The summed E-state index contributed by atoms with van der Waals surface area (Å²) in [5.41, 5.74) is 2.23. The van der Waals surface area contributed by atoms with E-state index in [9.17, 15) is 4.79 Å². The van der Waals surface area contributed by atoms with Gasteiger partial charge in [0, 0.05) is 0 Å². The van der Waals surface area contributed by atoms with Gasteiger partial charge in [0.1, 0.15) is 0 Å². The summed E-state index contributed by atoms with van der Waals surface area (Å²) in [4.78, 5) is 13.7. The SMILES string of the molecule is CCC(C)C(C(=O)c1sccc1C)c1ccccc1. The average molecular weight is 272 g/mol. The van der Waals surface area contributed by atoms with Gasteiger partial charge in [-0.1, -0.05) is 50.6 Å². The monoisotopic (exact) mass is 272 g/mol. The van der Waals surface area contributed by atoms with Crippen molar-refractivity contribution in [2.24, 2.45) is 5.92 Å². The molecule has 100 valence electrons. The molecular formula is C17H20OS. The van der Waals surface area contributed by atoms with Crippen molar-refractivity contribution < 1.29 is 4.79 Å². The molecule has 0 N–H and O–H groups in total. The standard InChI is InChI=1S/C17H20OS/c1-4-12(2)15(14-8-6-5-7-9-14)16(18)17-13(3)10-11-19-17/h5-12,15H,4H2,1-3H3. The Morgan fingerprint density at radius 1 is 1.21 bits per heavy atom. The second-order valence-corrected chi connectivity index (χ2v) is 5.99. The highest BCUT2D eigenvalue weighted by atomic mass is 32.1. The summed E-state index contributed by atoms with van der Waals surface area (Å²) in [6, 6.07) is 12.2. The minimum absolute atomic E-state index is 0.0245. The van der Waals surface area contributed by atoms with Crippen molar-refractivity contribution in [2.75, 3.05) is 0 Å². The van der Waals surface area contributed by atoms with Crippen LogP contribution in [0.4, 0.5) is 0 Å². The maximum Gasteiger partial charge on any atom is 0.180 e. The number of carbonyl (C=O) groups is 1. The van der Waals surface area contributed by atoms with Crippen LogP contribution in [0.2, 0.25) is 0 Å².